The van der Waals surface area contributed by atoms with E-state index in [4.69, 9.17) is 4.74 Å². The lowest BCUT2D eigenvalue weighted by molar-refractivity contribution is -0.143. The van der Waals surface area contributed by atoms with Crippen LogP contribution in [0.3, 0.4) is 0 Å². The van der Waals surface area contributed by atoms with E-state index in [1.807, 2.05) is 36.4 Å². The largest absolute Gasteiger partial charge is 0.459 e. The Kier molecular flexibility index (Phi) is 5.73. The van der Waals surface area contributed by atoms with E-state index in [1.54, 1.807) is 19.9 Å². The molecule has 0 bridgehead atoms. The van der Waals surface area contributed by atoms with E-state index in [1.165, 1.54) is 13.0 Å². The van der Waals surface area contributed by atoms with E-state index in [0.29, 0.717) is 0 Å². The maximum Gasteiger partial charge on any atom is 0.342 e. The van der Waals surface area contributed by atoms with Crippen molar-refractivity contribution in [3.8, 4) is 0 Å². The van der Waals surface area contributed by atoms with E-state index in [0.717, 1.165) is 5.56 Å². The number of allylic oxidation sites excluding steroid dienone is 2. The number of ketones is 1. The fourth-order valence-corrected chi connectivity index (χ4v) is 1.43. The summed E-state index contributed by atoms with van der Waals surface area (Å²) in [7, 11) is 0. The Morgan fingerprint density at radius 2 is 1.79 bits per heavy atom. The average molecular weight is 258 g/mol. The quantitative estimate of drug-likeness (QED) is 0.268. The third-order valence-electron chi connectivity index (χ3n) is 2.29. The zero-order chi connectivity index (χ0) is 14.3. The summed E-state index contributed by atoms with van der Waals surface area (Å²) in [6.45, 7) is 4.84. The van der Waals surface area contributed by atoms with E-state index in [9.17, 15) is 9.59 Å². The fourth-order valence-electron chi connectivity index (χ4n) is 1.43. The number of benzene rings is 1. The molecule has 0 heterocycles. The van der Waals surface area contributed by atoms with Gasteiger partial charge in [0.15, 0.2) is 5.78 Å². The number of carbonyl (C=O) groups is 2. The summed E-state index contributed by atoms with van der Waals surface area (Å²) < 4.78 is 5.01. The van der Waals surface area contributed by atoms with E-state index >= 15 is 0 Å². The number of rotatable bonds is 5. The normalized spacial score (nSPS) is 11.9. The number of hydrogen-bond acceptors (Lipinski definition) is 3. The van der Waals surface area contributed by atoms with Gasteiger partial charge < -0.3 is 4.74 Å². The second-order valence-corrected chi connectivity index (χ2v) is 4.36. The number of esters is 1. The molecule has 3 heteroatoms. The summed E-state index contributed by atoms with van der Waals surface area (Å²) in [5, 5.41) is 0. The van der Waals surface area contributed by atoms with Crippen LogP contribution in [0.25, 0.3) is 6.08 Å². The molecular formula is C16H18O3. The molecule has 1 aromatic rings. The Bertz CT molecular complexity index is 496. The molecule has 0 spiro atoms. The van der Waals surface area contributed by atoms with Crippen molar-refractivity contribution in [2.75, 3.05) is 0 Å². The summed E-state index contributed by atoms with van der Waals surface area (Å²) in [4.78, 5) is 23.1. The van der Waals surface area contributed by atoms with Crippen molar-refractivity contribution in [2.45, 2.75) is 26.9 Å². The summed E-state index contributed by atoms with van der Waals surface area (Å²) >= 11 is 0. The molecule has 0 aromatic heterocycles. The molecule has 0 atom stereocenters. The average Bonchev–Trinajstić information content (AvgIpc) is 2.34. The van der Waals surface area contributed by atoms with Crippen molar-refractivity contribution in [1.82, 2.24) is 0 Å². The van der Waals surface area contributed by atoms with Crippen molar-refractivity contribution < 1.29 is 14.3 Å². The zero-order valence-electron chi connectivity index (χ0n) is 11.4. The van der Waals surface area contributed by atoms with Gasteiger partial charge in [-0.25, -0.2) is 4.79 Å². The molecule has 1 aromatic carbocycles. The molecule has 0 aliphatic carbocycles. The Hall–Kier alpha value is -2.16. The highest BCUT2D eigenvalue weighted by Crippen LogP contribution is 2.06. The molecule has 0 saturated carbocycles. The summed E-state index contributed by atoms with van der Waals surface area (Å²) in [5.41, 5.74) is 1.06. The predicted octanol–water partition coefficient (Wildman–Crippen LogP) is 3.17. The van der Waals surface area contributed by atoms with Gasteiger partial charge in [0.05, 0.1) is 6.10 Å². The number of Topliss-reactive ketones (excluding diaryl/α,β-unsaturated/α-hetero) is 1. The standard InChI is InChI=1S/C16H18O3/c1-12(2)19-16(18)15(13(3)17)11-7-10-14-8-5-4-6-9-14/h4-12H,1-3H3/b10-7+,15-11+. The number of carbonyl (C=O) groups excluding carboxylic acids is 2. The Labute approximate surface area is 113 Å². The van der Waals surface area contributed by atoms with Crippen LogP contribution in [0, 0.1) is 0 Å². The van der Waals surface area contributed by atoms with Crippen molar-refractivity contribution in [2.24, 2.45) is 0 Å². The van der Waals surface area contributed by atoms with Crippen molar-refractivity contribution in [1.29, 1.82) is 0 Å². The molecule has 0 amide bonds. The highest BCUT2D eigenvalue weighted by Gasteiger charge is 2.16. The Morgan fingerprint density at radius 3 is 2.32 bits per heavy atom. The molecule has 0 unspecified atom stereocenters. The summed E-state index contributed by atoms with van der Waals surface area (Å²) in [5.74, 6) is -0.886. The lowest BCUT2D eigenvalue weighted by atomic mass is 10.1. The first kappa shape index (κ1) is 14.9. The molecule has 0 aliphatic rings. The molecule has 100 valence electrons. The van der Waals surface area contributed by atoms with Crippen LogP contribution in [-0.2, 0) is 14.3 Å². The van der Waals surface area contributed by atoms with Gasteiger partial charge in [0, 0.05) is 0 Å². The highest BCUT2D eigenvalue weighted by molar-refractivity contribution is 6.16. The van der Waals surface area contributed by atoms with Crippen LogP contribution in [-0.4, -0.2) is 17.9 Å². The minimum Gasteiger partial charge on any atom is -0.459 e. The van der Waals surface area contributed by atoms with Crippen LogP contribution in [0.15, 0.2) is 48.1 Å². The monoisotopic (exact) mass is 258 g/mol. The van der Waals surface area contributed by atoms with Crippen LogP contribution in [0.5, 0.6) is 0 Å². The van der Waals surface area contributed by atoms with Crippen LogP contribution in [0.1, 0.15) is 26.3 Å². The minimum absolute atomic E-state index is 0.0564. The first-order valence-corrected chi connectivity index (χ1v) is 6.16. The number of hydrogen-bond donors (Lipinski definition) is 0. The van der Waals surface area contributed by atoms with Gasteiger partial charge in [-0.15, -0.1) is 0 Å². The van der Waals surface area contributed by atoms with Gasteiger partial charge >= 0.3 is 5.97 Å². The van der Waals surface area contributed by atoms with Crippen LogP contribution in [0.2, 0.25) is 0 Å². The van der Waals surface area contributed by atoms with Crippen LogP contribution >= 0.6 is 0 Å². The van der Waals surface area contributed by atoms with Crippen molar-refractivity contribution in [3.05, 3.63) is 53.6 Å². The van der Waals surface area contributed by atoms with Gasteiger partial charge in [0.25, 0.3) is 0 Å². The van der Waals surface area contributed by atoms with Gasteiger partial charge in [0.2, 0.25) is 0 Å². The third kappa shape index (κ3) is 5.34. The molecule has 1 rings (SSSR count). The van der Waals surface area contributed by atoms with Gasteiger partial charge in [-0.05, 0) is 32.4 Å². The lowest BCUT2D eigenvalue weighted by Crippen LogP contribution is -2.17. The molecular weight excluding hydrogens is 240 g/mol. The van der Waals surface area contributed by atoms with E-state index in [2.05, 4.69) is 0 Å². The Morgan fingerprint density at radius 1 is 1.16 bits per heavy atom. The molecule has 3 nitrogen and oxygen atoms in total. The molecule has 0 N–H and O–H groups in total. The van der Waals surface area contributed by atoms with Gasteiger partial charge in [-0.3, -0.25) is 4.79 Å². The maximum atomic E-state index is 11.7. The predicted molar refractivity (Wildman–Crippen MR) is 75.5 cm³/mol. The van der Waals surface area contributed by atoms with Crippen molar-refractivity contribution in [3.63, 3.8) is 0 Å². The second-order valence-electron chi connectivity index (χ2n) is 4.36. The lowest BCUT2D eigenvalue weighted by Gasteiger charge is -2.08. The van der Waals surface area contributed by atoms with E-state index in [-0.39, 0.29) is 17.5 Å². The molecule has 0 aliphatic heterocycles. The van der Waals surface area contributed by atoms with Gasteiger partial charge in [0.1, 0.15) is 5.57 Å². The maximum absolute atomic E-state index is 11.7. The first-order chi connectivity index (χ1) is 9.00. The van der Waals surface area contributed by atoms with Crippen LogP contribution in [0.4, 0.5) is 0 Å². The third-order valence-corrected chi connectivity index (χ3v) is 2.29. The number of ether oxygens (including phenoxy) is 1. The minimum atomic E-state index is -0.583. The molecule has 19 heavy (non-hydrogen) atoms. The summed E-state index contributed by atoms with van der Waals surface area (Å²) in [6.07, 6.45) is 4.74. The van der Waals surface area contributed by atoms with Crippen molar-refractivity contribution >= 4 is 17.8 Å². The topological polar surface area (TPSA) is 43.4 Å². The Balaban J connectivity index is 2.82. The summed E-state index contributed by atoms with van der Waals surface area (Å²) in [6, 6.07) is 9.63. The van der Waals surface area contributed by atoms with Crippen LogP contribution < -0.4 is 0 Å². The molecule has 0 saturated heterocycles. The molecule has 0 radical (unpaired) electrons. The highest BCUT2D eigenvalue weighted by atomic mass is 16.5. The fraction of sp³-hybridized carbons (Fsp3) is 0.250. The first-order valence-electron chi connectivity index (χ1n) is 6.16. The molecule has 0 fully saturated rings. The SMILES string of the molecule is CC(=O)/C(=C\C=C\c1ccccc1)C(=O)OC(C)C. The van der Waals surface area contributed by atoms with E-state index < -0.39 is 5.97 Å². The second kappa shape index (κ2) is 7.31. The van der Waals surface area contributed by atoms with Gasteiger partial charge in [-0.1, -0.05) is 42.5 Å². The van der Waals surface area contributed by atoms with Gasteiger partial charge in [-0.2, -0.15) is 0 Å². The smallest absolute Gasteiger partial charge is 0.342 e. The zero-order valence-corrected chi connectivity index (χ0v) is 11.4.